The second-order valence-electron chi connectivity index (χ2n) is 6.33. The van der Waals surface area contributed by atoms with Gasteiger partial charge in [-0.2, -0.15) is 0 Å². The van der Waals surface area contributed by atoms with Crippen LogP contribution in [0.25, 0.3) is 0 Å². The van der Waals surface area contributed by atoms with Crippen molar-refractivity contribution in [2.24, 2.45) is 17.3 Å². The molecule has 0 aromatic carbocycles. The highest BCUT2D eigenvalue weighted by Crippen LogP contribution is 2.47. The van der Waals surface area contributed by atoms with Gasteiger partial charge in [-0.05, 0) is 31.1 Å². The zero-order chi connectivity index (χ0) is 13.6. The van der Waals surface area contributed by atoms with E-state index in [1.807, 2.05) is 0 Å². The second-order valence-corrected chi connectivity index (χ2v) is 6.33. The normalized spacial score (nSPS) is 32.3. The van der Waals surface area contributed by atoms with Gasteiger partial charge in [0.25, 0.3) is 0 Å². The molecule has 19 heavy (non-hydrogen) atoms. The van der Waals surface area contributed by atoms with Gasteiger partial charge in [0.2, 0.25) is 11.8 Å². The molecule has 0 aromatic heterocycles. The molecule has 2 aliphatic carbocycles. The molecule has 0 spiro atoms. The Balaban J connectivity index is 1.74. The van der Waals surface area contributed by atoms with Crippen LogP contribution in [0.4, 0.5) is 0 Å². The molecule has 104 valence electrons. The van der Waals surface area contributed by atoms with Crippen LogP contribution in [0.1, 0.15) is 44.9 Å². The van der Waals surface area contributed by atoms with Crippen molar-refractivity contribution in [2.45, 2.75) is 44.9 Å². The summed E-state index contributed by atoms with van der Waals surface area (Å²) < 4.78 is 0. The minimum atomic E-state index is -0.834. The second kappa shape index (κ2) is 4.32. The Bertz CT molecular complexity index is 419. The Morgan fingerprint density at radius 2 is 1.74 bits per heavy atom. The number of amides is 2. The van der Waals surface area contributed by atoms with Crippen molar-refractivity contribution < 1.29 is 19.5 Å². The third-order valence-electron chi connectivity index (χ3n) is 5.12. The molecule has 2 saturated carbocycles. The van der Waals surface area contributed by atoms with Crippen LogP contribution >= 0.6 is 0 Å². The van der Waals surface area contributed by atoms with E-state index in [0.717, 1.165) is 38.5 Å². The Labute approximate surface area is 112 Å². The SMILES string of the molecule is O=C(O)CC1(CN2C(=O)C3CCCC3C2=O)CCC1. The summed E-state index contributed by atoms with van der Waals surface area (Å²) in [5.74, 6) is -1.17. The number of hydrogen-bond acceptors (Lipinski definition) is 3. The van der Waals surface area contributed by atoms with Crippen molar-refractivity contribution in [1.82, 2.24) is 4.90 Å². The van der Waals surface area contributed by atoms with Gasteiger partial charge >= 0.3 is 5.97 Å². The first-order valence-corrected chi connectivity index (χ1v) is 7.09. The van der Waals surface area contributed by atoms with Gasteiger partial charge in [0.15, 0.2) is 0 Å². The number of rotatable bonds is 4. The fourth-order valence-electron chi connectivity index (χ4n) is 3.94. The topological polar surface area (TPSA) is 74.7 Å². The number of nitrogens with zero attached hydrogens (tertiary/aromatic N) is 1. The number of hydrogen-bond donors (Lipinski definition) is 1. The van der Waals surface area contributed by atoms with Gasteiger partial charge in [0.1, 0.15) is 0 Å². The summed E-state index contributed by atoms with van der Waals surface area (Å²) in [5, 5.41) is 8.99. The van der Waals surface area contributed by atoms with Crippen LogP contribution in [0, 0.1) is 17.3 Å². The van der Waals surface area contributed by atoms with Gasteiger partial charge in [-0.25, -0.2) is 0 Å². The lowest BCUT2D eigenvalue weighted by atomic mass is 9.66. The van der Waals surface area contributed by atoms with Crippen LogP contribution in [0.3, 0.4) is 0 Å². The Morgan fingerprint density at radius 1 is 1.16 bits per heavy atom. The molecule has 1 N–H and O–H groups in total. The summed E-state index contributed by atoms with van der Waals surface area (Å²) >= 11 is 0. The highest BCUT2D eigenvalue weighted by atomic mass is 16.4. The lowest BCUT2D eigenvalue weighted by Crippen LogP contribution is -2.46. The van der Waals surface area contributed by atoms with Crippen LogP contribution in [0.5, 0.6) is 0 Å². The van der Waals surface area contributed by atoms with Crippen molar-refractivity contribution in [3.63, 3.8) is 0 Å². The summed E-state index contributed by atoms with van der Waals surface area (Å²) in [6, 6.07) is 0. The first kappa shape index (κ1) is 12.6. The maximum Gasteiger partial charge on any atom is 0.303 e. The van der Waals surface area contributed by atoms with E-state index in [0.29, 0.717) is 6.54 Å². The molecule has 2 unspecified atom stereocenters. The number of imide groups is 1. The predicted molar refractivity (Wildman–Crippen MR) is 66.1 cm³/mol. The molecule has 0 aromatic rings. The Hall–Kier alpha value is -1.39. The molecule has 3 aliphatic rings. The van der Waals surface area contributed by atoms with E-state index < -0.39 is 5.97 Å². The van der Waals surface area contributed by atoms with Crippen molar-refractivity contribution in [3.05, 3.63) is 0 Å². The van der Waals surface area contributed by atoms with E-state index in [4.69, 9.17) is 5.11 Å². The number of carboxylic acids is 1. The number of carbonyl (C=O) groups excluding carboxylic acids is 2. The van der Waals surface area contributed by atoms with E-state index in [2.05, 4.69) is 0 Å². The van der Waals surface area contributed by atoms with Gasteiger partial charge in [-0.15, -0.1) is 0 Å². The Kier molecular flexibility index (Phi) is 2.87. The zero-order valence-electron chi connectivity index (χ0n) is 10.9. The number of aliphatic carboxylic acids is 1. The van der Waals surface area contributed by atoms with Crippen molar-refractivity contribution in [1.29, 1.82) is 0 Å². The number of carbonyl (C=O) groups is 3. The van der Waals surface area contributed by atoms with E-state index in [1.165, 1.54) is 4.90 Å². The number of carboxylic acid groups (broad SMARTS) is 1. The monoisotopic (exact) mass is 265 g/mol. The average Bonchev–Trinajstić information content (AvgIpc) is 2.85. The molecule has 5 nitrogen and oxygen atoms in total. The molecular weight excluding hydrogens is 246 g/mol. The third-order valence-corrected chi connectivity index (χ3v) is 5.12. The lowest BCUT2D eigenvalue weighted by Gasteiger charge is -2.42. The van der Waals surface area contributed by atoms with Crippen molar-refractivity contribution in [3.8, 4) is 0 Å². The zero-order valence-corrected chi connectivity index (χ0v) is 10.9. The third kappa shape index (κ3) is 1.95. The van der Waals surface area contributed by atoms with Crippen LogP contribution in [0.15, 0.2) is 0 Å². The number of likely N-dealkylation sites (tertiary alicyclic amines) is 1. The molecule has 1 saturated heterocycles. The van der Waals surface area contributed by atoms with E-state index in [9.17, 15) is 14.4 Å². The smallest absolute Gasteiger partial charge is 0.303 e. The van der Waals surface area contributed by atoms with E-state index in [-0.39, 0.29) is 35.5 Å². The minimum Gasteiger partial charge on any atom is -0.481 e. The quantitative estimate of drug-likeness (QED) is 0.780. The summed E-state index contributed by atoms with van der Waals surface area (Å²) in [4.78, 5) is 36.8. The van der Waals surface area contributed by atoms with Gasteiger partial charge in [0, 0.05) is 6.54 Å². The fourth-order valence-corrected chi connectivity index (χ4v) is 3.94. The first-order valence-electron chi connectivity index (χ1n) is 7.09. The van der Waals surface area contributed by atoms with Gasteiger partial charge in [-0.3, -0.25) is 19.3 Å². The minimum absolute atomic E-state index is 0.0517. The number of fused-ring (bicyclic) bond motifs is 1. The lowest BCUT2D eigenvalue weighted by molar-refractivity contribution is -0.149. The van der Waals surface area contributed by atoms with Crippen molar-refractivity contribution >= 4 is 17.8 Å². The molecule has 1 aliphatic heterocycles. The molecule has 3 fully saturated rings. The predicted octanol–water partition coefficient (Wildman–Crippen LogP) is 1.42. The Morgan fingerprint density at radius 3 is 2.16 bits per heavy atom. The average molecular weight is 265 g/mol. The molecule has 2 amide bonds. The van der Waals surface area contributed by atoms with E-state index >= 15 is 0 Å². The molecule has 2 atom stereocenters. The molecule has 5 heteroatoms. The molecular formula is C14H19NO4. The van der Waals surface area contributed by atoms with Crippen LogP contribution in [-0.4, -0.2) is 34.3 Å². The summed E-state index contributed by atoms with van der Waals surface area (Å²) in [6.45, 7) is 0.323. The van der Waals surface area contributed by atoms with Crippen LogP contribution in [-0.2, 0) is 14.4 Å². The van der Waals surface area contributed by atoms with Gasteiger partial charge in [0.05, 0.1) is 18.3 Å². The highest BCUT2D eigenvalue weighted by molar-refractivity contribution is 6.05. The van der Waals surface area contributed by atoms with E-state index in [1.54, 1.807) is 0 Å². The fraction of sp³-hybridized carbons (Fsp3) is 0.786. The largest absolute Gasteiger partial charge is 0.481 e. The van der Waals surface area contributed by atoms with Gasteiger partial charge in [-0.1, -0.05) is 12.8 Å². The van der Waals surface area contributed by atoms with Crippen LogP contribution < -0.4 is 0 Å². The van der Waals surface area contributed by atoms with Crippen molar-refractivity contribution in [2.75, 3.05) is 6.54 Å². The maximum atomic E-state index is 12.3. The molecule has 1 heterocycles. The highest BCUT2D eigenvalue weighted by Gasteiger charge is 2.52. The summed E-state index contributed by atoms with van der Waals surface area (Å²) in [6.07, 6.45) is 5.28. The molecule has 0 radical (unpaired) electrons. The molecule has 0 bridgehead atoms. The summed E-state index contributed by atoms with van der Waals surface area (Å²) in [7, 11) is 0. The summed E-state index contributed by atoms with van der Waals surface area (Å²) in [5.41, 5.74) is -0.351. The standard InChI is InChI=1S/C14H19NO4/c16-11(17)7-14(5-2-6-14)8-15-12(18)9-3-1-4-10(9)13(15)19/h9-10H,1-8H2,(H,16,17). The first-order chi connectivity index (χ1) is 9.02. The van der Waals surface area contributed by atoms with Gasteiger partial charge < -0.3 is 5.11 Å². The molecule has 3 rings (SSSR count). The van der Waals surface area contributed by atoms with Crippen LogP contribution in [0.2, 0.25) is 0 Å². The maximum absolute atomic E-state index is 12.3.